The van der Waals surface area contributed by atoms with E-state index in [9.17, 15) is 0 Å². The summed E-state index contributed by atoms with van der Waals surface area (Å²) in [5.41, 5.74) is 0. The Labute approximate surface area is 85.7 Å². The Morgan fingerprint density at radius 3 is 2.93 bits per heavy atom. The van der Waals surface area contributed by atoms with Gasteiger partial charge in [-0.1, -0.05) is 12.2 Å². The van der Waals surface area contributed by atoms with Gasteiger partial charge in [0.1, 0.15) is 17.0 Å². The number of nitrogens with zero attached hydrogens (tertiary/aromatic N) is 3. The monoisotopic (exact) mass is 203 g/mol. The molecule has 70 valence electrons. The fourth-order valence-corrected chi connectivity index (χ4v) is 2.41. The molecule has 2 aromatic heterocycles. The lowest BCUT2D eigenvalue weighted by molar-refractivity contribution is 0.971. The summed E-state index contributed by atoms with van der Waals surface area (Å²) in [6, 6.07) is 2.09. The standard InChI is InChI=1S/C10H9N3S/c1-2-5-13(4-1)9-8-3-6-14-10(8)12-7-11-9/h1-3,6-7H,4-5H2. The Morgan fingerprint density at radius 1 is 1.21 bits per heavy atom. The van der Waals surface area contributed by atoms with Gasteiger partial charge in [-0.3, -0.25) is 0 Å². The van der Waals surface area contributed by atoms with Gasteiger partial charge in [0.15, 0.2) is 0 Å². The van der Waals surface area contributed by atoms with Crippen molar-refractivity contribution in [3.63, 3.8) is 0 Å². The number of fused-ring (bicyclic) bond motifs is 1. The molecule has 0 N–H and O–H groups in total. The largest absolute Gasteiger partial charge is 0.349 e. The van der Waals surface area contributed by atoms with Gasteiger partial charge in [0.05, 0.1) is 5.39 Å². The van der Waals surface area contributed by atoms with Crippen molar-refractivity contribution in [2.45, 2.75) is 0 Å². The van der Waals surface area contributed by atoms with Crippen LogP contribution in [0.3, 0.4) is 0 Å². The van der Waals surface area contributed by atoms with Gasteiger partial charge in [0.25, 0.3) is 0 Å². The molecule has 0 unspecified atom stereocenters. The molecule has 1 aliphatic heterocycles. The molecule has 0 amide bonds. The molecule has 0 saturated heterocycles. The summed E-state index contributed by atoms with van der Waals surface area (Å²) in [6.07, 6.45) is 5.98. The summed E-state index contributed by atoms with van der Waals surface area (Å²) in [5.74, 6) is 1.06. The molecule has 0 saturated carbocycles. The van der Waals surface area contributed by atoms with Crippen LogP contribution in [0, 0.1) is 0 Å². The van der Waals surface area contributed by atoms with Crippen LogP contribution in [-0.2, 0) is 0 Å². The zero-order valence-electron chi connectivity index (χ0n) is 7.55. The number of aromatic nitrogens is 2. The van der Waals surface area contributed by atoms with Crippen molar-refractivity contribution < 1.29 is 0 Å². The Kier molecular flexibility index (Phi) is 1.73. The van der Waals surface area contributed by atoms with Gasteiger partial charge in [0, 0.05) is 13.1 Å². The van der Waals surface area contributed by atoms with Crippen molar-refractivity contribution >= 4 is 27.4 Å². The van der Waals surface area contributed by atoms with Crippen LogP contribution in [0.4, 0.5) is 5.82 Å². The van der Waals surface area contributed by atoms with Crippen molar-refractivity contribution in [2.24, 2.45) is 0 Å². The third-order valence-electron chi connectivity index (χ3n) is 2.36. The van der Waals surface area contributed by atoms with Crippen LogP contribution >= 0.6 is 11.3 Å². The van der Waals surface area contributed by atoms with Crippen LogP contribution in [0.2, 0.25) is 0 Å². The van der Waals surface area contributed by atoms with E-state index >= 15 is 0 Å². The van der Waals surface area contributed by atoms with Crippen molar-refractivity contribution in [1.82, 2.24) is 9.97 Å². The highest BCUT2D eigenvalue weighted by molar-refractivity contribution is 7.16. The van der Waals surface area contributed by atoms with Gasteiger partial charge >= 0.3 is 0 Å². The highest BCUT2D eigenvalue weighted by Crippen LogP contribution is 2.27. The van der Waals surface area contributed by atoms with E-state index in [0.717, 1.165) is 23.7 Å². The summed E-state index contributed by atoms with van der Waals surface area (Å²) in [7, 11) is 0. The van der Waals surface area contributed by atoms with Crippen molar-refractivity contribution in [3.8, 4) is 0 Å². The molecule has 0 fully saturated rings. The minimum Gasteiger partial charge on any atom is -0.349 e. The van der Waals surface area contributed by atoms with Gasteiger partial charge in [-0.25, -0.2) is 9.97 Å². The van der Waals surface area contributed by atoms with Gasteiger partial charge in [-0.05, 0) is 11.4 Å². The van der Waals surface area contributed by atoms with E-state index < -0.39 is 0 Å². The predicted octanol–water partition coefficient (Wildman–Crippen LogP) is 2.07. The smallest absolute Gasteiger partial charge is 0.141 e. The maximum Gasteiger partial charge on any atom is 0.141 e. The second kappa shape index (κ2) is 3.06. The lowest BCUT2D eigenvalue weighted by atomic mass is 10.3. The molecule has 0 radical (unpaired) electrons. The number of rotatable bonds is 1. The Hall–Kier alpha value is -1.42. The van der Waals surface area contributed by atoms with E-state index in [2.05, 4.69) is 38.5 Å². The van der Waals surface area contributed by atoms with E-state index in [0.29, 0.717) is 0 Å². The molecule has 3 rings (SSSR count). The first-order valence-corrected chi connectivity index (χ1v) is 5.41. The average Bonchev–Trinajstić information content (AvgIpc) is 2.88. The van der Waals surface area contributed by atoms with Crippen molar-refractivity contribution in [1.29, 1.82) is 0 Å². The SMILES string of the molecule is C1=CCN(c2ncnc3sccc23)C1. The van der Waals surface area contributed by atoms with Crippen molar-refractivity contribution in [2.75, 3.05) is 18.0 Å². The average molecular weight is 203 g/mol. The summed E-state index contributed by atoms with van der Waals surface area (Å²) in [5, 5.41) is 3.23. The topological polar surface area (TPSA) is 29.0 Å². The van der Waals surface area contributed by atoms with Crippen LogP contribution in [0.25, 0.3) is 10.2 Å². The lowest BCUT2D eigenvalue weighted by Gasteiger charge is -2.16. The van der Waals surface area contributed by atoms with Crippen LogP contribution in [-0.4, -0.2) is 23.1 Å². The van der Waals surface area contributed by atoms with Gasteiger partial charge < -0.3 is 4.90 Å². The molecule has 0 aliphatic carbocycles. The highest BCUT2D eigenvalue weighted by Gasteiger charge is 2.13. The number of hydrogen-bond acceptors (Lipinski definition) is 4. The van der Waals surface area contributed by atoms with Crippen LogP contribution in [0.1, 0.15) is 0 Å². The van der Waals surface area contributed by atoms with E-state index in [-0.39, 0.29) is 0 Å². The van der Waals surface area contributed by atoms with Crippen LogP contribution < -0.4 is 4.90 Å². The van der Waals surface area contributed by atoms with E-state index in [1.54, 1.807) is 17.7 Å². The Bertz CT molecular complexity index is 481. The molecular weight excluding hydrogens is 194 g/mol. The zero-order chi connectivity index (χ0) is 9.38. The third-order valence-corrected chi connectivity index (χ3v) is 3.18. The molecule has 2 aromatic rings. The summed E-state index contributed by atoms with van der Waals surface area (Å²) in [4.78, 5) is 11.9. The molecule has 0 bridgehead atoms. The minimum atomic E-state index is 0.960. The Morgan fingerprint density at radius 2 is 2.07 bits per heavy atom. The predicted molar refractivity (Wildman–Crippen MR) is 58.8 cm³/mol. The molecular formula is C10H9N3S. The maximum atomic E-state index is 4.34. The summed E-state index contributed by atoms with van der Waals surface area (Å²) >= 11 is 1.66. The number of anilines is 1. The number of thiophene rings is 1. The Balaban J connectivity index is 2.15. The van der Waals surface area contributed by atoms with E-state index in [1.807, 2.05) is 0 Å². The van der Waals surface area contributed by atoms with Crippen LogP contribution in [0.15, 0.2) is 29.9 Å². The molecule has 0 atom stereocenters. The first kappa shape index (κ1) is 7.94. The first-order chi connectivity index (χ1) is 6.95. The fourth-order valence-electron chi connectivity index (χ4n) is 1.68. The van der Waals surface area contributed by atoms with Crippen LogP contribution in [0.5, 0.6) is 0 Å². The second-order valence-corrected chi connectivity index (χ2v) is 4.11. The van der Waals surface area contributed by atoms with Gasteiger partial charge in [-0.15, -0.1) is 11.3 Å². The second-order valence-electron chi connectivity index (χ2n) is 3.21. The zero-order valence-corrected chi connectivity index (χ0v) is 8.37. The summed E-state index contributed by atoms with van der Waals surface area (Å²) in [6.45, 7) is 1.92. The van der Waals surface area contributed by atoms with E-state index in [4.69, 9.17) is 0 Å². The quantitative estimate of drug-likeness (QED) is 0.664. The molecule has 0 spiro atoms. The lowest BCUT2D eigenvalue weighted by Crippen LogP contribution is -2.19. The molecule has 0 aromatic carbocycles. The fraction of sp³-hybridized carbons (Fsp3) is 0.200. The number of hydrogen-bond donors (Lipinski definition) is 0. The first-order valence-electron chi connectivity index (χ1n) is 4.53. The molecule has 3 heterocycles. The molecule has 3 nitrogen and oxygen atoms in total. The molecule has 4 heteroatoms. The molecule has 1 aliphatic rings. The van der Waals surface area contributed by atoms with Gasteiger partial charge in [0.2, 0.25) is 0 Å². The van der Waals surface area contributed by atoms with Gasteiger partial charge in [-0.2, -0.15) is 0 Å². The summed E-state index contributed by atoms with van der Waals surface area (Å²) < 4.78 is 0. The van der Waals surface area contributed by atoms with Crippen molar-refractivity contribution in [3.05, 3.63) is 29.9 Å². The van der Waals surface area contributed by atoms with E-state index in [1.165, 1.54) is 5.39 Å². The highest BCUT2D eigenvalue weighted by atomic mass is 32.1. The minimum absolute atomic E-state index is 0.960. The third kappa shape index (κ3) is 1.11. The normalized spacial score (nSPS) is 15.6. The maximum absolute atomic E-state index is 4.34. The molecule has 14 heavy (non-hydrogen) atoms.